The van der Waals surface area contributed by atoms with Crippen LogP contribution in [0.1, 0.15) is 29.4 Å². The average molecular weight is 277 g/mol. The van der Waals surface area contributed by atoms with E-state index in [0.29, 0.717) is 30.8 Å². The van der Waals surface area contributed by atoms with Crippen LogP contribution in [0.15, 0.2) is 12.3 Å². The number of anilines is 1. The lowest BCUT2D eigenvalue weighted by atomic mass is 10.1. The molecule has 7 heteroatoms. The summed E-state index contributed by atoms with van der Waals surface area (Å²) in [6, 6.07) is 1.27. The number of rotatable bonds is 3. The number of nitrogens with zero attached hydrogens (tertiary/aromatic N) is 2. The molecule has 0 bridgehead atoms. The van der Waals surface area contributed by atoms with Gasteiger partial charge in [-0.25, -0.2) is 0 Å². The van der Waals surface area contributed by atoms with E-state index in [4.69, 9.17) is 5.84 Å². The van der Waals surface area contributed by atoms with Crippen LogP contribution < -0.4 is 16.6 Å². The maximum Gasteiger partial charge on any atom is 0.258 e. The SMILES string of the molecule is CCC1C(=O)NCCN1C(=O)c1cnc(C)cc1NN. The zero-order valence-corrected chi connectivity index (χ0v) is 11.6. The Morgan fingerprint density at radius 3 is 3.05 bits per heavy atom. The molecular weight excluding hydrogens is 258 g/mol. The van der Waals surface area contributed by atoms with E-state index in [2.05, 4.69) is 15.7 Å². The molecular formula is C13H19N5O2. The quantitative estimate of drug-likeness (QED) is 0.534. The van der Waals surface area contributed by atoms with E-state index in [0.717, 1.165) is 5.69 Å². The van der Waals surface area contributed by atoms with Crippen LogP contribution in [0.2, 0.25) is 0 Å². The van der Waals surface area contributed by atoms with Crippen molar-refractivity contribution >= 4 is 17.5 Å². The van der Waals surface area contributed by atoms with Gasteiger partial charge in [0.1, 0.15) is 6.04 Å². The van der Waals surface area contributed by atoms with Crippen LogP contribution in [-0.4, -0.2) is 40.8 Å². The Kier molecular flexibility index (Phi) is 4.19. The van der Waals surface area contributed by atoms with E-state index < -0.39 is 6.04 Å². The van der Waals surface area contributed by atoms with Gasteiger partial charge in [-0.3, -0.25) is 20.4 Å². The Hall–Kier alpha value is -2.15. The number of hydrogen-bond acceptors (Lipinski definition) is 5. The first-order valence-electron chi connectivity index (χ1n) is 6.60. The van der Waals surface area contributed by atoms with Crippen LogP contribution in [0, 0.1) is 6.92 Å². The molecule has 1 aliphatic heterocycles. The van der Waals surface area contributed by atoms with E-state index >= 15 is 0 Å². The Balaban J connectivity index is 2.32. The Morgan fingerprint density at radius 2 is 2.40 bits per heavy atom. The highest BCUT2D eigenvalue weighted by molar-refractivity contribution is 6.02. The summed E-state index contributed by atoms with van der Waals surface area (Å²) in [6.45, 7) is 4.65. The zero-order valence-electron chi connectivity index (χ0n) is 11.6. The first-order chi connectivity index (χ1) is 9.58. The topological polar surface area (TPSA) is 100 Å². The van der Waals surface area contributed by atoms with E-state index in [1.54, 1.807) is 11.0 Å². The van der Waals surface area contributed by atoms with Crippen LogP contribution in [0.5, 0.6) is 0 Å². The van der Waals surface area contributed by atoms with Gasteiger partial charge >= 0.3 is 0 Å². The number of aryl methyl sites for hydroxylation is 1. The predicted molar refractivity (Wildman–Crippen MR) is 74.9 cm³/mol. The van der Waals surface area contributed by atoms with Crippen molar-refractivity contribution in [2.24, 2.45) is 5.84 Å². The van der Waals surface area contributed by atoms with Crippen molar-refractivity contribution in [2.75, 3.05) is 18.5 Å². The number of amides is 2. The van der Waals surface area contributed by atoms with Gasteiger partial charge in [0.15, 0.2) is 0 Å². The number of aromatic nitrogens is 1. The summed E-state index contributed by atoms with van der Waals surface area (Å²) in [4.78, 5) is 30.1. The number of nitrogens with two attached hydrogens (primary N) is 1. The second-order valence-corrected chi connectivity index (χ2v) is 4.73. The fraction of sp³-hybridized carbons (Fsp3) is 0.462. The first kappa shape index (κ1) is 14.3. The minimum Gasteiger partial charge on any atom is -0.353 e. The summed E-state index contributed by atoms with van der Waals surface area (Å²) >= 11 is 0. The Morgan fingerprint density at radius 1 is 1.65 bits per heavy atom. The van der Waals surface area contributed by atoms with Gasteiger partial charge in [-0.2, -0.15) is 0 Å². The van der Waals surface area contributed by atoms with Gasteiger partial charge in [0.2, 0.25) is 5.91 Å². The number of carbonyl (C=O) groups is 2. The molecule has 2 heterocycles. The highest BCUT2D eigenvalue weighted by Gasteiger charge is 2.33. The molecule has 1 aromatic heterocycles. The molecule has 0 saturated carbocycles. The molecule has 20 heavy (non-hydrogen) atoms. The third-order valence-corrected chi connectivity index (χ3v) is 3.40. The van der Waals surface area contributed by atoms with E-state index in [1.165, 1.54) is 6.20 Å². The fourth-order valence-corrected chi connectivity index (χ4v) is 2.37. The number of piperazine rings is 1. The summed E-state index contributed by atoms with van der Waals surface area (Å²) in [6.07, 6.45) is 2.06. The molecule has 7 nitrogen and oxygen atoms in total. The molecule has 2 rings (SSSR count). The summed E-state index contributed by atoms with van der Waals surface area (Å²) in [5.41, 5.74) is 4.17. The standard InChI is InChI=1S/C13H19N5O2/c1-3-11-12(19)15-4-5-18(11)13(20)9-7-16-8(2)6-10(9)17-14/h6-7,11H,3-5,14H2,1-2H3,(H,15,19)(H,16,17). The van der Waals surface area contributed by atoms with Gasteiger partial charge < -0.3 is 15.6 Å². The van der Waals surface area contributed by atoms with E-state index in [9.17, 15) is 9.59 Å². The number of pyridine rings is 1. The van der Waals surface area contributed by atoms with Crippen molar-refractivity contribution in [3.05, 3.63) is 23.5 Å². The van der Waals surface area contributed by atoms with E-state index in [1.807, 2.05) is 13.8 Å². The minimum atomic E-state index is -0.442. The second-order valence-electron chi connectivity index (χ2n) is 4.73. The average Bonchev–Trinajstić information content (AvgIpc) is 2.46. The largest absolute Gasteiger partial charge is 0.353 e. The fourth-order valence-electron chi connectivity index (χ4n) is 2.37. The minimum absolute atomic E-state index is 0.116. The molecule has 0 aromatic carbocycles. The summed E-state index contributed by atoms with van der Waals surface area (Å²) in [7, 11) is 0. The second kappa shape index (κ2) is 5.87. The molecule has 0 radical (unpaired) electrons. The highest BCUT2D eigenvalue weighted by Crippen LogP contribution is 2.20. The maximum atomic E-state index is 12.6. The van der Waals surface area contributed by atoms with Gasteiger partial charge in [0.05, 0.1) is 11.3 Å². The normalized spacial score (nSPS) is 18.6. The van der Waals surface area contributed by atoms with Gasteiger partial charge in [0, 0.05) is 25.0 Å². The molecule has 2 amide bonds. The molecule has 1 atom stereocenters. The van der Waals surface area contributed by atoms with Crippen LogP contribution in [0.4, 0.5) is 5.69 Å². The molecule has 1 unspecified atom stereocenters. The molecule has 1 fully saturated rings. The van der Waals surface area contributed by atoms with Crippen LogP contribution in [-0.2, 0) is 4.79 Å². The van der Waals surface area contributed by atoms with Gasteiger partial charge in [-0.1, -0.05) is 6.92 Å². The molecule has 1 saturated heterocycles. The van der Waals surface area contributed by atoms with Crippen molar-refractivity contribution in [3.8, 4) is 0 Å². The van der Waals surface area contributed by atoms with Gasteiger partial charge in [-0.15, -0.1) is 0 Å². The lowest BCUT2D eigenvalue weighted by molar-refractivity contribution is -0.127. The van der Waals surface area contributed by atoms with Gasteiger partial charge in [0.25, 0.3) is 5.91 Å². The molecule has 108 valence electrons. The maximum absolute atomic E-state index is 12.6. The third-order valence-electron chi connectivity index (χ3n) is 3.40. The third kappa shape index (κ3) is 2.57. The van der Waals surface area contributed by atoms with E-state index in [-0.39, 0.29) is 11.8 Å². The highest BCUT2D eigenvalue weighted by atomic mass is 16.2. The lowest BCUT2D eigenvalue weighted by Crippen LogP contribution is -2.57. The summed E-state index contributed by atoms with van der Waals surface area (Å²) in [5, 5.41) is 2.77. The number of carbonyl (C=O) groups excluding carboxylic acids is 2. The molecule has 1 aliphatic rings. The van der Waals surface area contributed by atoms with Crippen molar-refractivity contribution in [2.45, 2.75) is 26.3 Å². The molecule has 4 N–H and O–H groups in total. The molecule has 1 aromatic rings. The zero-order chi connectivity index (χ0) is 14.7. The molecule has 0 aliphatic carbocycles. The van der Waals surface area contributed by atoms with Crippen molar-refractivity contribution in [3.63, 3.8) is 0 Å². The van der Waals surface area contributed by atoms with Crippen molar-refractivity contribution in [1.82, 2.24) is 15.2 Å². The number of hydrogen-bond donors (Lipinski definition) is 3. The smallest absolute Gasteiger partial charge is 0.258 e. The number of nitrogens with one attached hydrogen (secondary N) is 2. The number of nitrogen functional groups attached to an aromatic ring is 1. The Labute approximate surface area is 117 Å². The Bertz CT molecular complexity index is 531. The van der Waals surface area contributed by atoms with Crippen LogP contribution in [0.25, 0.3) is 0 Å². The predicted octanol–water partition coefficient (Wildman–Crippen LogP) is 0.0262. The summed E-state index contributed by atoms with van der Waals surface area (Å²) < 4.78 is 0. The van der Waals surface area contributed by atoms with Gasteiger partial charge in [-0.05, 0) is 19.4 Å². The van der Waals surface area contributed by atoms with Crippen LogP contribution in [0.3, 0.4) is 0 Å². The van der Waals surface area contributed by atoms with Crippen molar-refractivity contribution < 1.29 is 9.59 Å². The van der Waals surface area contributed by atoms with Crippen LogP contribution >= 0.6 is 0 Å². The molecule has 0 spiro atoms. The summed E-state index contributed by atoms with van der Waals surface area (Å²) in [5.74, 6) is 5.11. The first-order valence-corrected chi connectivity index (χ1v) is 6.60. The lowest BCUT2D eigenvalue weighted by Gasteiger charge is -2.34. The number of hydrazine groups is 1. The van der Waals surface area contributed by atoms with Crippen molar-refractivity contribution in [1.29, 1.82) is 0 Å². The monoisotopic (exact) mass is 277 g/mol.